The summed E-state index contributed by atoms with van der Waals surface area (Å²) in [6.45, 7) is 2.17. The minimum atomic E-state index is -0.669. The third-order valence-corrected chi connectivity index (χ3v) is 8.88. The molecular formula is C39H78O6. The highest BCUT2D eigenvalue weighted by Crippen LogP contribution is 2.15. The van der Waals surface area contributed by atoms with Gasteiger partial charge in [0.1, 0.15) is 0 Å². The first-order valence-corrected chi connectivity index (χ1v) is 19.7. The van der Waals surface area contributed by atoms with Crippen molar-refractivity contribution >= 4 is 11.9 Å². The molecule has 1 atom stereocenters. The van der Waals surface area contributed by atoms with E-state index in [4.69, 9.17) is 15.3 Å². The lowest BCUT2D eigenvalue weighted by molar-refractivity contribution is -0.138. The van der Waals surface area contributed by atoms with E-state index in [1.807, 2.05) is 0 Å². The van der Waals surface area contributed by atoms with E-state index in [1.54, 1.807) is 0 Å². The molecule has 0 fully saturated rings. The highest BCUT2D eigenvalue weighted by Gasteiger charge is 2.01. The van der Waals surface area contributed by atoms with E-state index in [-0.39, 0.29) is 6.61 Å². The Labute approximate surface area is 279 Å². The Morgan fingerprint density at radius 1 is 0.400 bits per heavy atom. The molecule has 45 heavy (non-hydrogen) atoms. The van der Waals surface area contributed by atoms with Gasteiger partial charge in [0.25, 0.3) is 0 Å². The molecule has 1 unspecified atom stereocenters. The van der Waals surface area contributed by atoms with Crippen molar-refractivity contribution in [3.05, 3.63) is 0 Å². The highest BCUT2D eigenvalue weighted by molar-refractivity contribution is 5.66. The first-order chi connectivity index (χ1) is 21.9. The molecule has 6 heteroatoms. The zero-order valence-electron chi connectivity index (χ0n) is 29.9. The lowest BCUT2D eigenvalue weighted by atomic mass is 10.0. The molecule has 0 heterocycles. The van der Waals surface area contributed by atoms with Gasteiger partial charge in [-0.3, -0.25) is 9.59 Å². The van der Waals surface area contributed by atoms with Crippen molar-refractivity contribution in [1.29, 1.82) is 0 Å². The van der Waals surface area contributed by atoms with Crippen molar-refractivity contribution in [3.63, 3.8) is 0 Å². The Bertz CT molecular complexity index is 582. The molecule has 0 aromatic carbocycles. The number of unbranched alkanes of at least 4 members (excludes halogenated alkanes) is 29. The fourth-order valence-electron chi connectivity index (χ4n) is 5.87. The second-order valence-corrected chi connectivity index (χ2v) is 13.5. The van der Waals surface area contributed by atoms with Gasteiger partial charge in [-0.25, -0.2) is 0 Å². The van der Waals surface area contributed by atoms with Crippen LogP contribution in [0.3, 0.4) is 0 Å². The quantitative estimate of drug-likeness (QED) is 0.0505. The van der Waals surface area contributed by atoms with Crippen molar-refractivity contribution in [2.75, 3.05) is 6.61 Å². The van der Waals surface area contributed by atoms with Crippen LogP contribution in [0.1, 0.15) is 225 Å². The normalized spacial score (nSPS) is 11.7. The van der Waals surface area contributed by atoms with Gasteiger partial charge in [-0.05, 0) is 19.3 Å². The lowest BCUT2D eigenvalue weighted by Gasteiger charge is -2.06. The summed E-state index contributed by atoms with van der Waals surface area (Å²) in [6.07, 6.45) is 40.6. The van der Waals surface area contributed by atoms with Crippen LogP contribution in [0.5, 0.6) is 0 Å². The van der Waals surface area contributed by atoms with Gasteiger partial charge in [-0.2, -0.15) is 0 Å². The van der Waals surface area contributed by atoms with Crippen LogP contribution in [-0.2, 0) is 9.59 Å². The summed E-state index contributed by atoms with van der Waals surface area (Å²) in [5, 5.41) is 35.0. The summed E-state index contributed by atoms with van der Waals surface area (Å²) in [7, 11) is 0. The van der Waals surface area contributed by atoms with E-state index in [9.17, 15) is 14.7 Å². The summed E-state index contributed by atoms with van der Waals surface area (Å²) < 4.78 is 0. The Hall–Kier alpha value is -1.14. The summed E-state index contributed by atoms with van der Waals surface area (Å²) in [6, 6.07) is 0. The number of hydrogen-bond acceptors (Lipinski definition) is 4. The maximum atomic E-state index is 10.4. The van der Waals surface area contributed by atoms with Crippen molar-refractivity contribution in [3.8, 4) is 0 Å². The zero-order chi connectivity index (χ0) is 33.5. The maximum absolute atomic E-state index is 10.4. The van der Waals surface area contributed by atoms with Gasteiger partial charge in [-0.1, -0.05) is 193 Å². The molecule has 0 radical (unpaired) electrons. The second kappa shape index (κ2) is 40.9. The molecule has 0 aromatic rings. The molecule has 0 amide bonds. The van der Waals surface area contributed by atoms with Gasteiger partial charge in [-0.15, -0.1) is 0 Å². The Morgan fingerprint density at radius 3 is 0.844 bits per heavy atom. The second-order valence-electron chi connectivity index (χ2n) is 13.5. The van der Waals surface area contributed by atoms with Crippen LogP contribution < -0.4 is 0 Å². The van der Waals surface area contributed by atoms with Gasteiger partial charge in [0, 0.05) is 12.8 Å². The largest absolute Gasteiger partial charge is 0.481 e. The fourth-order valence-corrected chi connectivity index (χ4v) is 5.87. The van der Waals surface area contributed by atoms with Gasteiger partial charge in [0.05, 0.1) is 12.7 Å². The first-order valence-electron chi connectivity index (χ1n) is 19.7. The molecule has 0 bridgehead atoms. The van der Waals surface area contributed by atoms with Gasteiger partial charge < -0.3 is 20.4 Å². The Kier molecular flexibility index (Phi) is 41.8. The molecule has 270 valence electrons. The summed E-state index contributed by atoms with van der Waals surface area (Å²) in [5.41, 5.74) is 0. The van der Waals surface area contributed by atoms with E-state index in [1.165, 1.54) is 167 Å². The predicted molar refractivity (Wildman–Crippen MR) is 191 cm³/mol. The van der Waals surface area contributed by atoms with Crippen LogP contribution in [0, 0.1) is 0 Å². The van der Waals surface area contributed by atoms with Crippen molar-refractivity contribution in [2.45, 2.75) is 231 Å². The lowest BCUT2D eigenvalue weighted by Crippen LogP contribution is -2.10. The van der Waals surface area contributed by atoms with Crippen molar-refractivity contribution in [1.82, 2.24) is 0 Å². The van der Waals surface area contributed by atoms with Gasteiger partial charge in [0.15, 0.2) is 0 Å². The van der Waals surface area contributed by atoms with Crippen LogP contribution in [0.4, 0.5) is 0 Å². The van der Waals surface area contributed by atoms with E-state index >= 15 is 0 Å². The summed E-state index contributed by atoms with van der Waals surface area (Å²) in [4.78, 5) is 20.7. The van der Waals surface area contributed by atoms with Crippen LogP contribution in [0.2, 0.25) is 0 Å². The maximum Gasteiger partial charge on any atom is 0.303 e. The molecule has 0 rings (SSSR count). The summed E-state index contributed by atoms with van der Waals surface area (Å²) >= 11 is 0. The average molecular weight is 643 g/mol. The van der Waals surface area contributed by atoms with Crippen LogP contribution in [0.25, 0.3) is 0 Å². The number of aliphatic hydroxyl groups is 2. The number of hydrogen-bond donors (Lipinski definition) is 4. The third kappa shape index (κ3) is 47.4. The molecule has 0 aromatic heterocycles. The van der Waals surface area contributed by atoms with Crippen molar-refractivity contribution in [2.24, 2.45) is 0 Å². The van der Waals surface area contributed by atoms with Crippen LogP contribution in [-0.4, -0.2) is 45.1 Å². The first kappa shape index (κ1) is 46.0. The smallest absolute Gasteiger partial charge is 0.303 e. The Morgan fingerprint density at radius 2 is 0.622 bits per heavy atom. The van der Waals surface area contributed by atoms with Crippen LogP contribution >= 0.6 is 0 Å². The van der Waals surface area contributed by atoms with Crippen LogP contribution in [0.15, 0.2) is 0 Å². The molecule has 0 aliphatic carbocycles. The third-order valence-electron chi connectivity index (χ3n) is 8.88. The summed E-state index contributed by atoms with van der Waals surface area (Å²) in [5.74, 6) is -1.32. The number of carbonyl (C=O) groups is 2. The van der Waals surface area contributed by atoms with E-state index in [2.05, 4.69) is 6.92 Å². The molecule has 0 saturated carbocycles. The number of carboxylic acids is 2. The zero-order valence-corrected chi connectivity index (χ0v) is 29.9. The number of rotatable bonds is 36. The minimum absolute atomic E-state index is 0.104. The van der Waals surface area contributed by atoms with Gasteiger partial charge >= 0.3 is 11.9 Å². The van der Waals surface area contributed by atoms with E-state index in [0.29, 0.717) is 12.8 Å². The number of aliphatic hydroxyl groups excluding tert-OH is 2. The predicted octanol–water partition coefficient (Wildman–Crippen LogP) is 11.8. The number of aliphatic carboxylic acids is 2. The monoisotopic (exact) mass is 643 g/mol. The molecule has 4 N–H and O–H groups in total. The molecule has 0 aliphatic heterocycles. The average Bonchev–Trinajstić information content (AvgIpc) is 3.02. The molecule has 0 spiro atoms. The van der Waals surface area contributed by atoms with Gasteiger partial charge in [0.2, 0.25) is 0 Å². The minimum Gasteiger partial charge on any atom is -0.481 e. The van der Waals surface area contributed by atoms with E-state index in [0.717, 1.165) is 38.5 Å². The highest BCUT2D eigenvalue weighted by atomic mass is 16.4. The molecular weight excluding hydrogens is 564 g/mol. The fraction of sp³-hybridized carbons (Fsp3) is 0.949. The van der Waals surface area contributed by atoms with Crippen molar-refractivity contribution < 1.29 is 30.0 Å². The molecule has 0 saturated heterocycles. The SMILES string of the molecule is CCCCCCCCCCCCCCCCCC(=O)O.O=C(O)CCCCCCCCCCCCCCCCCCC(O)CO. The standard InChI is InChI=1S/C21H42O4.C18H36O2/c22-19-20(23)17-15-13-11-9-7-5-3-1-2-4-6-8-10-12-14-16-18-21(24)25;1-2-3-4-5-6-7-8-9-10-11-12-13-14-15-16-17-18(19)20/h20,22-23H,1-19H2,(H,24,25);2-17H2,1H3,(H,19,20). The number of carboxylic acid groups (broad SMARTS) is 2. The van der Waals surface area contributed by atoms with E-state index < -0.39 is 18.0 Å². The Balaban J connectivity index is 0. The topological polar surface area (TPSA) is 115 Å². The molecule has 0 aliphatic rings. The molecule has 6 nitrogen and oxygen atoms in total.